The maximum Gasteiger partial charge on any atom is 0.335 e. The number of methoxy groups -OCH3 is 1. The summed E-state index contributed by atoms with van der Waals surface area (Å²) in [6, 6.07) is 15.8. The summed E-state index contributed by atoms with van der Waals surface area (Å²) < 4.78 is 12.2. The molecule has 0 spiro atoms. The van der Waals surface area contributed by atoms with Gasteiger partial charge in [-0.1, -0.05) is 0 Å². The highest BCUT2D eigenvalue weighted by atomic mass is 127. The maximum absolute atomic E-state index is 12.9. The van der Waals surface area contributed by atoms with E-state index in [1.807, 2.05) is 6.07 Å². The Labute approximate surface area is 235 Å². The van der Waals surface area contributed by atoms with E-state index >= 15 is 0 Å². The smallest absolute Gasteiger partial charge is 0.335 e. The summed E-state index contributed by atoms with van der Waals surface area (Å²) in [5, 5.41) is 20.4. The number of likely N-dealkylation sites (N-methyl/N-ethyl adjacent to an activating group) is 1. The zero-order chi connectivity index (χ0) is 27.4. The van der Waals surface area contributed by atoms with Crippen molar-refractivity contribution >= 4 is 68.8 Å². The van der Waals surface area contributed by atoms with Gasteiger partial charge in [0.05, 0.1) is 31.8 Å². The van der Waals surface area contributed by atoms with Crippen LogP contribution in [0.1, 0.15) is 21.5 Å². The average molecular weight is 645 g/mol. The lowest BCUT2D eigenvalue weighted by Crippen LogP contribution is -2.23. The number of amidine groups is 1. The average Bonchev–Trinajstić information content (AvgIpc) is 3.15. The van der Waals surface area contributed by atoms with Crippen LogP contribution in [0.2, 0.25) is 0 Å². The number of non-ortho nitro benzene ring substituents is 1. The van der Waals surface area contributed by atoms with E-state index in [1.54, 1.807) is 43.5 Å². The molecule has 3 aromatic carbocycles. The van der Waals surface area contributed by atoms with Gasteiger partial charge in [-0.05, 0) is 100 Å². The van der Waals surface area contributed by atoms with E-state index in [0.717, 1.165) is 14.7 Å². The van der Waals surface area contributed by atoms with Gasteiger partial charge in [0.2, 0.25) is 0 Å². The highest BCUT2D eigenvalue weighted by Crippen LogP contribution is 2.38. The Morgan fingerprint density at radius 1 is 1.18 bits per heavy atom. The lowest BCUT2D eigenvalue weighted by molar-refractivity contribution is -0.384. The molecule has 0 atom stereocenters. The SMILES string of the molecule is COc1cc(C=C2SC(=Nc3ccc(C(=O)O)cc3)N(C)C2=O)cc(I)c1OCc1ccc([N+](=O)[O-])cc1. The van der Waals surface area contributed by atoms with Gasteiger partial charge in [0.1, 0.15) is 6.61 Å². The lowest BCUT2D eigenvalue weighted by Gasteiger charge is -2.14. The Hall–Kier alpha value is -3.91. The van der Waals surface area contributed by atoms with E-state index in [2.05, 4.69) is 27.6 Å². The van der Waals surface area contributed by atoms with Crippen molar-refractivity contribution in [1.82, 2.24) is 4.90 Å². The van der Waals surface area contributed by atoms with Gasteiger partial charge in [-0.3, -0.25) is 19.8 Å². The number of aliphatic imine (C=N–C) groups is 1. The molecule has 4 rings (SSSR count). The third-order valence-corrected chi connectivity index (χ3v) is 7.28. The largest absolute Gasteiger partial charge is 0.493 e. The van der Waals surface area contributed by atoms with Gasteiger partial charge in [0.25, 0.3) is 11.6 Å². The molecule has 1 aliphatic heterocycles. The molecule has 0 saturated carbocycles. The van der Waals surface area contributed by atoms with Crippen molar-refractivity contribution in [3.63, 3.8) is 0 Å². The van der Waals surface area contributed by atoms with Crippen molar-refractivity contribution in [2.45, 2.75) is 6.61 Å². The van der Waals surface area contributed by atoms with Crippen LogP contribution in [-0.4, -0.2) is 46.1 Å². The van der Waals surface area contributed by atoms with Gasteiger partial charge < -0.3 is 14.6 Å². The molecular weight excluding hydrogens is 625 g/mol. The number of hydrogen-bond donors (Lipinski definition) is 1. The Morgan fingerprint density at radius 3 is 2.47 bits per heavy atom. The number of carboxylic acids is 1. The Kier molecular flexibility index (Phi) is 8.32. The van der Waals surface area contributed by atoms with Crippen molar-refractivity contribution in [2.24, 2.45) is 4.99 Å². The first-order chi connectivity index (χ1) is 18.2. The van der Waals surface area contributed by atoms with Crippen molar-refractivity contribution in [1.29, 1.82) is 0 Å². The summed E-state index contributed by atoms with van der Waals surface area (Å²) in [7, 11) is 3.14. The lowest BCUT2D eigenvalue weighted by atomic mass is 10.1. The number of halogens is 1. The zero-order valence-electron chi connectivity index (χ0n) is 20.1. The number of amides is 1. The second-order valence-corrected chi connectivity index (χ2v) is 10.1. The van der Waals surface area contributed by atoms with Gasteiger partial charge in [0, 0.05) is 19.2 Å². The number of nitrogens with zero attached hydrogens (tertiary/aromatic N) is 3. The minimum atomic E-state index is -1.02. The number of ether oxygens (including phenoxy) is 2. The number of carbonyl (C=O) groups excluding carboxylic acids is 1. The summed E-state index contributed by atoms with van der Waals surface area (Å²) in [5.74, 6) is -0.252. The first kappa shape index (κ1) is 27.1. The number of thioether (sulfide) groups is 1. The van der Waals surface area contributed by atoms with Crippen LogP contribution in [0, 0.1) is 13.7 Å². The number of aromatic carboxylic acids is 1. The van der Waals surface area contributed by atoms with Gasteiger partial charge in [-0.2, -0.15) is 0 Å². The van der Waals surface area contributed by atoms with E-state index in [1.165, 1.54) is 48.0 Å². The third kappa shape index (κ3) is 6.14. The summed E-state index contributed by atoms with van der Waals surface area (Å²) in [5.41, 5.74) is 2.18. The number of nitro benzene ring substituents is 1. The summed E-state index contributed by atoms with van der Waals surface area (Å²) in [6.45, 7) is 0.192. The monoisotopic (exact) mass is 645 g/mol. The highest BCUT2D eigenvalue weighted by Gasteiger charge is 2.30. The molecule has 12 heteroatoms. The standard InChI is InChI=1S/C26H20IN3O7S/c1-29-24(31)22(38-26(29)28-18-7-5-17(6-8-18)25(32)33)13-16-11-20(27)23(21(12-16)36-2)37-14-15-3-9-19(10-4-15)30(34)35/h3-13H,14H2,1-2H3,(H,32,33). The molecule has 1 N–H and O–H groups in total. The third-order valence-electron chi connectivity index (χ3n) is 5.42. The molecule has 0 radical (unpaired) electrons. The van der Waals surface area contributed by atoms with Gasteiger partial charge in [0.15, 0.2) is 16.7 Å². The van der Waals surface area contributed by atoms with Crippen LogP contribution in [-0.2, 0) is 11.4 Å². The summed E-state index contributed by atoms with van der Waals surface area (Å²) in [6.07, 6.45) is 1.74. The van der Waals surface area contributed by atoms with Crippen LogP contribution >= 0.6 is 34.4 Å². The second-order valence-electron chi connectivity index (χ2n) is 7.97. The molecule has 3 aromatic rings. The topological polar surface area (TPSA) is 132 Å². The molecule has 194 valence electrons. The molecular formula is C26H20IN3O7S. The molecule has 0 aromatic heterocycles. The Bertz CT molecular complexity index is 1470. The molecule has 1 amide bonds. The van der Waals surface area contributed by atoms with Gasteiger partial charge >= 0.3 is 5.97 Å². The van der Waals surface area contributed by atoms with Crippen LogP contribution < -0.4 is 9.47 Å². The van der Waals surface area contributed by atoms with Crippen molar-refractivity contribution < 1.29 is 29.1 Å². The second kappa shape index (κ2) is 11.6. The molecule has 10 nitrogen and oxygen atoms in total. The first-order valence-corrected chi connectivity index (χ1v) is 12.9. The number of carbonyl (C=O) groups is 2. The van der Waals surface area contributed by atoms with Crippen LogP contribution in [0.4, 0.5) is 11.4 Å². The predicted octanol–water partition coefficient (Wildman–Crippen LogP) is 5.72. The zero-order valence-corrected chi connectivity index (χ0v) is 23.1. The molecule has 1 heterocycles. The summed E-state index contributed by atoms with van der Waals surface area (Å²) >= 11 is 3.33. The number of hydrogen-bond acceptors (Lipinski definition) is 8. The Morgan fingerprint density at radius 2 is 1.87 bits per heavy atom. The maximum atomic E-state index is 12.9. The molecule has 0 bridgehead atoms. The van der Waals surface area contributed by atoms with Gasteiger partial charge in [-0.15, -0.1) is 0 Å². The van der Waals surface area contributed by atoms with E-state index in [4.69, 9.17) is 14.6 Å². The van der Waals surface area contributed by atoms with E-state index in [0.29, 0.717) is 27.3 Å². The van der Waals surface area contributed by atoms with Crippen LogP contribution in [0.5, 0.6) is 11.5 Å². The molecule has 1 saturated heterocycles. The van der Waals surface area contributed by atoms with Crippen LogP contribution in [0.15, 0.2) is 70.6 Å². The minimum Gasteiger partial charge on any atom is -0.493 e. The highest BCUT2D eigenvalue weighted by molar-refractivity contribution is 14.1. The van der Waals surface area contributed by atoms with E-state index in [9.17, 15) is 19.7 Å². The molecule has 1 fully saturated rings. The number of benzene rings is 3. The molecule has 1 aliphatic rings. The van der Waals surface area contributed by atoms with Crippen molar-refractivity contribution in [3.8, 4) is 11.5 Å². The fourth-order valence-corrected chi connectivity index (χ4v) is 5.19. The van der Waals surface area contributed by atoms with Gasteiger partial charge in [-0.25, -0.2) is 9.79 Å². The number of rotatable bonds is 8. The first-order valence-electron chi connectivity index (χ1n) is 11.0. The Balaban J connectivity index is 1.53. The van der Waals surface area contributed by atoms with Crippen LogP contribution in [0.25, 0.3) is 6.08 Å². The van der Waals surface area contributed by atoms with Crippen LogP contribution in [0.3, 0.4) is 0 Å². The van der Waals surface area contributed by atoms with E-state index in [-0.39, 0.29) is 23.8 Å². The molecule has 38 heavy (non-hydrogen) atoms. The van der Waals surface area contributed by atoms with Crippen molar-refractivity contribution in [3.05, 3.63) is 95.9 Å². The van der Waals surface area contributed by atoms with Crippen molar-refractivity contribution in [2.75, 3.05) is 14.2 Å². The fourth-order valence-electron chi connectivity index (χ4n) is 3.42. The molecule has 0 aliphatic carbocycles. The molecule has 0 unspecified atom stereocenters. The summed E-state index contributed by atoms with van der Waals surface area (Å²) in [4.78, 5) is 40.7. The quantitative estimate of drug-likeness (QED) is 0.143. The normalized spacial score (nSPS) is 15.2. The fraction of sp³-hybridized carbons (Fsp3) is 0.115. The number of carboxylic acid groups (broad SMARTS) is 1. The predicted molar refractivity (Wildman–Crippen MR) is 152 cm³/mol. The minimum absolute atomic E-state index is 0.00701. The van der Waals surface area contributed by atoms with E-state index < -0.39 is 10.9 Å². The number of nitro groups is 1.